The van der Waals surface area contributed by atoms with Gasteiger partial charge in [-0.1, -0.05) is 18.2 Å². The first kappa shape index (κ1) is 7.60. The molecule has 0 aromatic heterocycles. The molecule has 0 aromatic carbocycles. The van der Waals surface area contributed by atoms with E-state index in [0.29, 0.717) is 6.16 Å². The Morgan fingerprint density at radius 1 is 1.90 bits per heavy atom. The van der Waals surface area contributed by atoms with Crippen LogP contribution in [-0.2, 0) is 4.57 Å². The van der Waals surface area contributed by atoms with Crippen molar-refractivity contribution < 1.29 is 4.57 Å². The Labute approximate surface area is 61.5 Å². The fourth-order valence-corrected chi connectivity index (χ4v) is 3.38. The summed E-state index contributed by atoms with van der Waals surface area (Å²) in [5, 5.41) is 0. The quantitative estimate of drug-likeness (QED) is 0.322. The van der Waals surface area contributed by atoms with Crippen LogP contribution >= 0.6 is 7.14 Å². The molecular weight excluding hydrogens is 143 g/mol. The van der Waals surface area contributed by atoms with Crippen molar-refractivity contribution in [2.45, 2.75) is 6.92 Å². The molecule has 0 aliphatic carbocycles. The Morgan fingerprint density at radius 3 is 3.00 bits per heavy atom. The number of hydrogen-bond donors (Lipinski definition) is 0. The molecule has 0 radical (unpaired) electrons. The highest BCUT2D eigenvalue weighted by Gasteiger charge is 2.22. The minimum Gasteiger partial charge on any atom is -0.318 e. The van der Waals surface area contributed by atoms with E-state index in [0.717, 1.165) is 6.16 Å². The first-order valence-electron chi connectivity index (χ1n) is 3.27. The summed E-state index contributed by atoms with van der Waals surface area (Å²) in [6.07, 6.45) is 3.48. The monoisotopic (exact) mass is 154 g/mol. The van der Waals surface area contributed by atoms with Crippen molar-refractivity contribution in [1.29, 1.82) is 0 Å². The summed E-state index contributed by atoms with van der Waals surface area (Å²) in [7, 11) is -2.02. The second kappa shape index (κ2) is 2.62. The number of allylic oxidation sites excluding steroid dienone is 2. The third-order valence-corrected chi connectivity index (χ3v) is 4.08. The Hall–Kier alpha value is -0.510. The van der Waals surface area contributed by atoms with E-state index in [4.69, 9.17) is 0 Å². The lowest BCUT2D eigenvalue weighted by molar-refractivity contribution is 0.585. The lowest BCUT2D eigenvalue weighted by atomic mass is 10.3. The maximum Gasteiger partial charge on any atom is 0.123 e. The Balaban J connectivity index is 2.80. The highest BCUT2D eigenvalue weighted by Crippen LogP contribution is 2.52. The smallest absolute Gasteiger partial charge is 0.123 e. The molecule has 10 heavy (non-hydrogen) atoms. The van der Waals surface area contributed by atoms with Gasteiger partial charge in [0, 0.05) is 18.1 Å². The Kier molecular flexibility index (Phi) is 1.99. The van der Waals surface area contributed by atoms with Crippen molar-refractivity contribution in [3.05, 3.63) is 29.8 Å². The maximum absolute atomic E-state index is 11.6. The van der Waals surface area contributed by atoms with Crippen molar-refractivity contribution in [3.63, 3.8) is 0 Å². The average Bonchev–Trinajstić information content (AvgIpc) is 2.12. The standard InChI is InChI=1S/C8H11OP/c1-3-5-10(9)6-4-8(2)7-10/h4-5H,1,6-7H2,2H3. The van der Waals surface area contributed by atoms with Crippen LogP contribution in [0.5, 0.6) is 0 Å². The summed E-state index contributed by atoms with van der Waals surface area (Å²) in [4.78, 5) is 0. The summed E-state index contributed by atoms with van der Waals surface area (Å²) in [5.74, 6) is 1.64. The van der Waals surface area contributed by atoms with Gasteiger partial charge >= 0.3 is 0 Å². The Bertz CT molecular complexity index is 256. The van der Waals surface area contributed by atoms with Gasteiger partial charge in [0.15, 0.2) is 0 Å². The molecule has 0 N–H and O–H groups in total. The normalized spacial score (nSPS) is 31.1. The summed E-state index contributed by atoms with van der Waals surface area (Å²) in [5.41, 5.74) is 3.83. The molecule has 0 spiro atoms. The molecule has 1 heterocycles. The van der Waals surface area contributed by atoms with Crippen LogP contribution in [0.2, 0.25) is 0 Å². The van der Waals surface area contributed by atoms with E-state index in [1.165, 1.54) is 5.57 Å². The lowest BCUT2D eigenvalue weighted by Gasteiger charge is -2.01. The van der Waals surface area contributed by atoms with Crippen molar-refractivity contribution in [2.75, 3.05) is 12.3 Å². The molecule has 0 aromatic rings. The van der Waals surface area contributed by atoms with Crippen LogP contribution in [0.15, 0.2) is 29.8 Å². The minimum atomic E-state index is -2.02. The largest absolute Gasteiger partial charge is 0.318 e. The minimum absolute atomic E-state index is 0.710. The van der Waals surface area contributed by atoms with Gasteiger partial charge < -0.3 is 4.57 Å². The van der Waals surface area contributed by atoms with Gasteiger partial charge in [-0.2, -0.15) is 0 Å². The summed E-state index contributed by atoms with van der Waals surface area (Å²) in [6, 6.07) is 0. The van der Waals surface area contributed by atoms with Crippen LogP contribution in [0.4, 0.5) is 0 Å². The molecule has 1 atom stereocenters. The SMILES string of the molecule is C=C=CP1(=O)CC=C(C)C1. The van der Waals surface area contributed by atoms with Crippen LogP contribution in [0.3, 0.4) is 0 Å². The van der Waals surface area contributed by atoms with Crippen molar-refractivity contribution >= 4 is 7.14 Å². The van der Waals surface area contributed by atoms with E-state index in [9.17, 15) is 4.57 Å². The zero-order valence-corrected chi connectivity index (χ0v) is 7.03. The van der Waals surface area contributed by atoms with Gasteiger partial charge in [-0.15, -0.1) is 5.73 Å². The number of rotatable bonds is 1. The predicted octanol–water partition coefficient (Wildman–Crippen LogP) is 2.61. The van der Waals surface area contributed by atoms with Gasteiger partial charge in [0.2, 0.25) is 0 Å². The third kappa shape index (κ3) is 1.50. The molecule has 0 saturated carbocycles. The molecule has 1 nitrogen and oxygen atoms in total. The first-order chi connectivity index (χ1) is 4.66. The van der Waals surface area contributed by atoms with Crippen LogP contribution in [0, 0.1) is 0 Å². The van der Waals surface area contributed by atoms with E-state index in [1.54, 1.807) is 5.82 Å². The summed E-state index contributed by atoms with van der Waals surface area (Å²) < 4.78 is 11.6. The van der Waals surface area contributed by atoms with Crippen molar-refractivity contribution in [2.24, 2.45) is 0 Å². The molecule has 0 saturated heterocycles. The molecule has 1 unspecified atom stereocenters. The summed E-state index contributed by atoms with van der Waals surface area (Å²) >= 11 is 0. The second-order valence-electron chi connectivity index (χ2n) is 2.68. The zero-order valence-electron chi connectivity index (χ0n) is 6.13. The second-order valence-corrected chi connectivity index (χ2v) is 5.52. The molecule has 54 valence electrons. The number of hydrogen-bond acceptors (Lipinski definition) is 1. The molecular formula is C8H11OP. The Morgan fingerprint density at radius 2 is 2.60 bits per heavy atom. The van der Waals surface area contributed by atoms with Gasteiger partial charge in [0.1, 0.15) is 7.14 Å². The molecule has 1 rings (SSSR count). The van der Waals surface area contributed by atoms with Crippen LogP contribution in [0.25, 0.3) is 0 Å². The highest BCUT2D eigenvalue weighted by atomic mass is 31.2. The molecule has 0 fully saturated rings. The maximum atomic E-state index is 11.6. The van der Waals surface area contributed by atoms with Gasteiger partial charge in [-0.25, -0.2) is 0 Å². The topological polar surface area (TPSA) is 17.1 Å². The molecule has 1 aliphatic heterocycles. The van der Waals surface area contributed by atoms with E-state index in [2.05, 4.69) is 12.3 Å². The van der Waals surface area contributed by atoms with E-state index >= 15 is 0 Å². The molecule has 1 aliphatic rings. The van der Waals surface area contributed by atoms with E-state index in [1.807, 2.05) is 13.0 Å². The molecule has 0 bridgehead atoms. The van der Waals surface area contributed by atoms with Crippen LogP contribution < -0.4 is 0 Å². The fraction of sp³-hybridized carbons (Fsp3) is 0.375. The van der Waals surface area contributed by atoms with Gasteiger partial charge in [-0.3, -0.25) is 0 Å². The predicted molar refractivity (Wildman–Crippen MR) is 44.8 cm³/mol. The van der Waals surface area contributed by atoms with E-state index < -0.39 is 7.14 Å². The summed E-state index contributed by atoms with van der Waals surface area (Å²) in [6.45, 7) is 5.43. The highest BCUT2D eigenvalue weighted by molar-refractivity contribution is 7.67. The zero-order chi connectivity index (χ0) is 7.61. The van der Waals surface area contributed by atoms with Gasteiger partial charge in [0.05, 0.1) is 0 Å². The molecule has 2 heteroatoms. The third-order valence-electron chi connectivity index (χ3n) is 1.59. The van der Waals surface area contributed by atoms with Crippen molar-refractivity contribution in [1.82, 2.24) is 0 Å². The van der Waals surface area contributed by atoms with Crippen LogP contribution in [0.1, 0.15) is 6.92 Å². The first-order valence-corrected chi connectivity index (χ1v) is 5.41. The lowest BCUT2D eigenvalue weighted by Crippen LogP contribution is -1.79. The van der Waals surface area contributed by atoms with Gasteiger partial charge in [0.25, 0.3) is 0 Å². The molecule has 0 amide bonds. The van der Waals surface area contributed by atoms with Crippen LogP contribution in [-0.4, -0.2) is 12.3 Å². The fourth-order valence-electron chi connectivity index (χ4n) is 1.13. The van der Waals surface area contributed by atoms with Crippen molar-refractivity contribution in [3.8, 4) is 0 Å². The average molecular weight is 154 g/mol. The van der Waals surface area contributed by atoms with E-state index in [-0.39, 0.29) is 0 Å². The van der Waals surface area contributed by atoms with Gasteiger partial charge in [-0.05, 0) is 6.92 Å².